The van der Waals surface area contributed by atoms with Crippen LogP contribution >= 0.6 is 0 Å². The number of nitrogens with zero attached hydrogens (tertiary/aromatic N) is 3. The smallest absolute Gasteiger partial charge is 0.244 e. The largest absolute Gasteiger partial charge is 0.379 e. The Balaban J connectivity index is 1.95. The quantitative estimate of drug-likeness (QED) is 0.863. The zero-order chi connectivity index (χ0) is 18.3. The molecule has 2 aliphatic rings. The number of fused-ring (bicyclic) bond motifs is 2. The summed E-state index contributed by atoms with van der Waals surface area (Å²) in [5.74, 6) is 0.101. The van der Waals surface area contributed by atoms with Crippen LogP contribution in [0.4, 0.5) is 5.69 Å². The van der Waals surface area contributed by atoms with Gasteiger partial charge >= 0.3 is 0 Å². The van der Waals surface area contributed by atoms with E-state index in [1.165, 1.54) is 18.9 Å². The number of hydrazone groups is 1. The number of hydrogen-bond acceptors (Lipinski definition) is 4. The molecule has 0 spiro atoms. The van der Waals surface area contributed by atoms with Gasteiger partial charge in [-0.15, -0.1) is 5.10 Å². The molecule has 0 unspecified atom stereocenters. The van der Waals surface area contributed by atoms with Crippen molar-refractivity contribution < 1.29 is 9.59 Å². The van der Waals surface area contributed by atoms with Gasteiger partial charge in [0.15, 0.2) is 5.84 Å². The van der Waals surface area contributed by atoms with Crippen molar-refractivity contribution in [3.8, 4) is 0 Å². The van der Waals surface area contributed by atoms with Crippen LogP contribution < -0.4 is 5.32 Å². The van der Waals surface area contributed by atoms with Crippen LogP contribution in [0.2, 0.25) is 0 Å². The lowest BCUT2D eigenvalue weighted by molar-refractivity contribution is -0.127. The molecule has 0 aromatic heterocycles. The highest BCUT2D eigenvalue weighted by Crippen LogP contribution is 2.38. The Morgan fingerprint density at radius 1 is 0.962 bits per heavy atom. The topological polar surface area (TPSA) is 65.0 Å². The summed E-state index contributed by atoms with van der Waals surface area (Å²) in [6.07, 6.45) is 0. The van der Waals surface area contributed by atoms with Crippen molar-refractivity contribution in [2.45, 2.75) is 13.8 Å². The van der Waals surface area contributed by atoms with Crippen LogP contribution in [-0.4, -0.2) is 34.1 Å². The van der Waals surface area contributed by atoms with Gasteiger partial charge in [-0.1, -0.05) is 48.5 Å². The molecule has 4 rings (SSSR count). The molecule has 0 radical (unpaired) electrons. The first kappa shape index (κ1) is 16.1. The molecule has 0 bridgehead atoms. The average molecular weight is 346 g/mol. The van der Waals surface area contributed by atoms with Crippen molar-refractivity contribution >= 4 is 29.0 Å². The number of carbonyl (C=O) groups is 2. The number of benzene rings is 2. The molecule has 0 aliphatic carbocycles. The Kier molecular flexibility index (Phi) is 3.80. The maximum Gasteiger partial charge on any atom is 0.244 e. The fraction of sp³-hybridized carbons (Fsp3) is 0.150. The predicted octanol–water partition coefficient (Wildman–Crippen LogP) is 2.85. The van der Waals surface area contributed by atoms with Crippen molar-refractivity contribution in [2.75, 3.05) is 11.9 Å². The van der Waals surface area contributed by atoms with E-state index in [9.17, 15) is 9.59 Å². The Bertz CT molecular complexity index is 963. The minimum Gasteiger partial charge on any atom is -0.379 e. The second-order valence-electron chi connectivity index (χ2n) is 6.17. The van der Waals surface area contributed by atoms with E-state index in [1.54, 1.807) is 4.90 Å². The van der Waals surface area contributed by atoms with Gasteiger partial charge in [-0.05, 0) is 6.07 Å². The molecule has 2 amide bonds. The van der Waals surface area contributed by atoms with Crippen molar-refractivity contribution in [1.82, 2.24) is 9.91 Å². The number of amides is 2. The van der Waals surface area contributed by atoms with E-state index in [-0.39, 0.29) is 11.8 Å². The first-order valence-corrected chi connectivity index (χ1v) is 8.40. The molecule has 0 saturated heterocycles. The summed E-state index contributed by atoms with van der Waals surface area (Å²) in [5.41, 5.74) is 3.92. The van der Waals surface area contributed by atoms with Crippen LogP contribution in [0.5, 0.6) is 0 Å². The molecule has 2 aromatic rings. The molecule has 26 heavy (non-hydrogen) atoms. The van der Waals surface area contributed by atoms with Crippen molar-refractivity contribution in [3.05, 3.63) is 71.4 Å². The normalized spacial score (nSPS) is 15.7. The molecule has 0 saturated carbocycles. The van der Waals surface area contributed by atoms with Crippen LogP contribution in [0.15, 0.2) is 65.4 Å². The predicted molar refractivity (Wildman–Crippen MR) is 99.9 cm³/mol. The second-order valence-corrected chi connectivity index (χ2v) is 6.17. The van der Waals surface area contributed by atoms with Gasteiger partial charge < -0.3 is 5.32 Å². The zero-order valence-electron chi connectivity index (χ0n) is 14.6. The summed E-state index contributed by atoms with van der Waals surface area (Å²) in [7, 11) is 0. The zero-order valence-corrected chi connectivity index (χ0v) is 14.6. The van der Waals surface area contributed by atoms with E-state index in [2.05, 4.69) is 10.4 Å². The van der Waals surface area contributed by atoms with Crippen molar-refractivity contribution in [2.24, 2.45) is 5.10 Å². The van der Waals surface area contributed by atoms with Gasteiger partial charge in [-0.2, -0.15) is 5.01 Å². The third-order valence-electron chi connectivity index (χ3n) is 4.44. The van der Waals surface area contributed by atoms with Gasteiger partial charge in [-0.25, -0.2) is 0 Å². The van der Waals surface area contributed by atoms with E-state index in [0.717, 1.165) is 22.5 Å². The SMILES string of the molecule is CC(=O)N1N=C(c2ccccc2)N(C(C)=O)C2=C1c1ccccc1NC2. The highest BCUT2D eigenvalue weighted by molar-refractivity contribution is 6.12. The molecule has 2 aliphatic heterocycles. The van der Waals surface area contributed by atoms with Gasteiger partial charge in [0, 0.05) is 30.7 Å². The highest BCUT2D eigenvalue weighted by atomic mass is 16.2. The molecule has 6 nitrogen and oxygen atoms in total. The van der Waals surface area contributed by atoms with Gasteiger partial charge in [0.05, 0.1) is 17.9 Å². The van der Waals surface area contributed by atoms with Gasteiger partial charge in [-0.3, -0.25) is 14.5 Å². The number of hydrogen-bond donors (Lipinski definition) is 1. The summed E-state index contributed by atoms with van der Waals surface area (Å²) in [6, 6.07) is 17.1. The van der Waals surface area contributed by atoms with Crippen molar-refractivity contribution in [3.63, 3.8) is 0 Å². The molecular formula is C20H18N4O2. The van der Waals surface area contributed by atoms with Crippen molar-refractivity contribution in [1.29, 1.82) is 0 Å². The maximum absolute atomic E-state index is 12.5. The summed E-state index contributed by atoms with van der Waals surface area (Å²) >= 11 is 0. The van der Waals surface area contributed by atoms with Crippen LogP contribution in [0, 0.1) is 0 Å². The van der Waals surface area contributed by atoms with Crippen LogP contribution in [0.25, 0.3) is 5.70 Å². The molecule has 6 heteroatoms. The Morgan fingerprint density at radius 3 is 2.35 bits per heavy atom. The van der Waals surface area contributed by atoms with E-state index in [4.69, 9.17) is 0 Å². The summed E-state index contributed by atoms with van der Waals surface area (Å²) in [4.78, 5) is 26.5. The molecule has 2 heterocycles. The summed E-state index contributed by atoms with van der Waals surface area (Å²) in [6.45, 7) is 3.42. The number of carbonyl (C=O) groups excluding carboxylic acids is 2. The maximum atomic E-state index is 12.5. The number of anilines is 1. The summed E-state index contributed by atoms with van der Waals surface area (Å²) < 4.78 is 0. The second kappa shape index (κ2) is 6.15. The van der Waals surface area contributed by atoms with E-state index in [1.807, 2.05) is 54.6 Å². The fourth-order valence-corrected chi connectivity index (χ4v) is 3.34. The number of nitrogens with one attached hydrogen (secondary N) is 1. The molecule has 2 aromatic carbocycles. The Labute approximate surface area is 151 Å². The standard InChI is InChI=1S/C20H18N4O2/c1-13(25)23-18-12-21-17-11-7-6-10-16(17)19(18)24(14(2)26)22-20(23)15-8-4-3-5-9-15/h3-11,21H,12H2,1-2H3. The minimum atomic E-state index is -0.203. The van der Waals surface area contributed by atoms with E-state index in [0.29, 0.717) is 18.1 Å². The summed E-state index contributed by atoms with van der Waals surface area (Å²) in [5, 5.41) is 9.29. The first-order valence-electron chi connectivity index (χ1n) is 8.40. The van der Waals surface area contributed by atoms with E-state index < -0.39 is 0 Å². The first-order chi connectivity index (χ1) is 12.6. The molecular weight excluding hydrogens is 328 g/mol. The van der Waals surface area contributed by atoms with E-state index >= 15 is 0 Å². The van der Waals surface area contributed by atoms with Gasteiger partial charge in [0.25, 0.3) is 0 Å². The van der Waals surface area contributed by atoms with Crippen LogP contribution in [0.1, 0.15) is 25.0 Å². The number of para-hydroxylation sites is 1. The lowest BCUT2D eigenvalue weighted by atomic mass is 10.0. The van der Waals surface area contributed by atoms with Gasteiger partial charge in [0.1, 0.15) is 0 Å². The fourth-order valence-electron chi connectivity index (χ4n) is 3.34. The monoisotopic (exact) mass is 346 g/mol. The molecule has 130 valence electrons. The third kappa shape index (κ3) is 2.47. The Hall–Kier alpha value is -3.41. The minimum absolute atomic E-state index is 0.149. The molecule has 0 atom stereocenters. The highest BCUT2D eigenvalue weighted by Gasteiger charge is 2.37. The molecule has 0 fully saturated rings. The van der Waals surface area contributed by atoms with Crippen LogP contribution in [-0.2, 0) is 9.59 Å². The van der Waals surface area contributed by atoms with Crippen LogP contribution in [0.3, 0.4) is 0 Å². The van der Waals surface area contributed by atoms with Gasteiger partial charge in [0.2, 0.25) is 11.8 Å². The Morgan fingerprint density at radius 2 is 1.65 bits per heavy atom. The number of rotatable bonds is 1. The lowest BCUT2D eigenvalue weighted by Gasteiger charge is -2.38. The number of amidine groups is 1. The molecule has 1 N–H and O–H groups in total. The third-order valence-corrected chi connectivity index (χ3v) is 4.44. The lowest BCUT2D eigenvalue weighted by Crippen LogP contribution is -2.46. The average Bonchev–Trinajstić information content (AvgIpc) is 2.66.